The number of benzene rings is 2. The molecule has 2 aromatic rings. The van der Waals surface area contributed by atoms with Crippen LogP contribution in [0.5, 0.6) is 0 Å². The zero-order chi connectivity index (χ0) is 20.2. The standard InChI is InChI=1S/C11H15Cl2N.C10H9Cl2N.BrH/c1-8(14)3-2-4-9-5-6-10(12)11(13)7-9;11-9-5-4-8(7-10(9)12)3-1-2-6-13;/h5-8H,2-4,14H2,1H3;4-5,7H,1-3H2;1H. The van der Waals surface area contributed by atoms with E-state index in [1.165, 1.54) is 5.56 Å². The molecule has 2 N–H and O–H groups in total. The summed E-state index contributed by atoms with van der Waals surface area (Å²) in [5.41, 5.74) is 8.01. The van der Waals surface area contributed by atoms with Crippen molar-refractivity contribution in [1.29, 1.82) is 5.26 Å². The Balaban J connectivity index is 0.000000504. The summed E-state index contributed by atoms with van der Waals surface area (Å²) in [6.45, 7) is 2.02. The summed E-state index contributed by atoms with van der Waals surface area (Å²) in [5, 5.41) is 10.7. The highest BCUT2D eigenvalue weighted by Gasteiger charge is 2.01. The highest BCUT2D eigenvalue weighted by Crippen LogP contribution is 2.24. The van der Waals surface area contributed by atoms with Crippen molar-refractivity contribution in [2.45, 2.75) is 51.5 Å². The van der Waals surface area contributed by atoms with Gasteiger partial charge in [0, 0.05) is 12.5 Å². The second kappa shape index (κ2) is 15.4. The van der Waals surface area contributed by atoms with Crippen molar-refractivity contribution < 1.29 is 0 Å². The number of nitrogens with two attached hydrogens (primary N) is 1. The summed E-state index contributed by atoms with van der Waals surface area (Å²) < 4.78 is 0. The zero-order valence-corrected chi connectivity index (χ0v) is 20.5. The van der Waals surface area contributed by atoms with E-state index in [2.05, 4.69) is 6.07 Å². The van der Waals surface area contributed by atoms with Gasteiger partial charge in [0.05, 0.1) is 26.2 Å². The molecule has 1 atom stereocenters. The summed E-state index contributed by atoms with van der Waals surface area (Å²) in [7, 11) is 0. The average molecular weight is 527 g/mol. The molecule has 1 unspecified atom stereocenters. The van der Waals surface area contributed by atoms with Crippen LogP contribution in [0.1, 0.15) is 43.7 Å². The number of aryl methyl sites for hydroxylation is 2. The first-order chi connectivity index (χ1) is 12.8. The van der Waals surface area contributed by atoms with E-state index in [-0.39, 0.29) is 23.0 Å². The average Bonchev–Trinajstić information content (AvgIpc) is 2.62. The summed E-state index contributed by atoms with van der Waals surface area (Å²) >= 11 is 23.3. The lowest BCUT2D eigenvalue weighted by Crippen LogP contribution is -2.14. The van der Waals surface area contributed by atoms with Crippen LogP contribution in [0.4, 0.5) is 0 Å². The fraction of sp³-hybridized carbons (Fsp3) is 0.381. The first kappa shape index (κ1) is 27.5. The predicted molar refractivity (Wildman–Crippen MR) is 128 cm³/mol. The van der Waals surface area contributed by atoms with Crippen molar-refractivity contribution in [2.24, 2.45) is 5.73 Å². The molecule has 0 bridgehead atoms. The number of hydrogen-bond acceptors (Lipinski definition) is 2. The van der Waals surface area contributed by atoms with E-state index in [0.717, 1.165) is 37.7 Å². The third kappa shape index (κ3) is 11.5. The molecule has 0 fully saturated rings. The second-order valence-electron chi connectivity index (χ2n) is 6.38. The number of unbranched alkanes of at least 4 members (excludes halogenated alkanes) is 1. The molecule has 0 amide bonds. The van der Waals surface area contributed by atoms with Crippen molar-refractivity contribution >= 4 is 63.4 Å². The third-order valence-corrected chi connectivity index (χ3v) is 5.33. The van der Waals surface area contributed by atoms with Crippen LogP contribution < -0.4 is 5.73 Å². The molecule has 2 rings (SSSR count). The smallest absolute Gasteiger partial charge is 0.0621 e. The minimum absolute atomic E-state index is 0. The van der Waals surface area contributed by atoms with Gasteiger partial charge in [0.15, 0.2) is 0 Å². The Kier molecular flexibility index (Phi) is 15.1. The van der Waals surface area contributed by atoms with Gasteiger partial charge in [-0.3, -0.25) is 0 Å². The number of halogens is 5. The Labute approximate surface area is 198 Å². The van der Waals surface area contributed by atoms with Crippen molar-refractivity contribution in [3.05, 3.63) is 67.6 Å². The molecule has 0 saturated heterocycles. The van der Waals surface area contributed by atoms with Crippen LogP contribution in [0.15, 0.2) is 36.4 Å². The number of nitrogens with zero attached hydrogens (tertiary/aromatic N) is 1. The fourth-order valence-corrected chi connectivity index (χ4v) is 3.03. The SMILES string of the molecule is Br.CC(N)CCCc1ccc(Cl)c(Cl)c1.N#CCCCc1ccc(Cl)c(Cl)c1. The normalized spacial score (nSPS) is 10.9. The Hall–Kier alpha value is -0.470. The molecule has 2 nitrogen and oxygen atoms in total. The molecule has 7 heteroatoms. The zero-order valence-electron chi connectivity index (χ0n) is 15.7. The van der Waals surface area contributed by atoms with Crippen LogP contribution in [0.3, 0.4) is 0 Å². The van der Waals surface area contributed by atoms with Gasteiger partial charge in [-0.1, -0.05) is 58.5 Å². The van der Waals surface area contributed by atoms with Crippen molar-refractivity contribution in [3.8, 4) is 6.07 Å². The summed E-state index contributed by atoms with van der Waals surface area (Å²) in [5.74, 6) is 0. The molecule has 0 heterocycles. The lowest BCUT2D eigenvalue weighted by molar-refractivity contribution is 0.624. The van der Waals surface area contributed by atoms with Crippen LogP contribution in [-0.2, 0) is 12.8 Å². The Morgan fingerprint density at radius 1 is 0.857 bits per heavy atom. The van der Waals surface area contributed by atoms with E-state index in [9.17, 15) is 0 Å². The topological polar surface area (TPSA) is 49.8 Å². The molecular weight excluding hydrogens is 502 g/mol. The highest BCUT2D eigenvalue weighted by atomic mass is 79.9. The van der Waals surface area contributed by atoms with Crippen molar-refractivity contribution in [3.63, 3.8) is 0 Å². The minimum atomic E-state index is 0. The van der Waals surface area contributed by atoms with Gasteiger partial charge in [-0.25, -0.2) is 0 Å². The largest absolute Gasteiger partial charge is 0.328 e. The summed E-state index contributed by atoms with van der Waals surface area (Å²) in [4.78, 5) is 0. The molecule has 0 aromatic heterocycles. The molecule has 2 aromatic carbocycles. The van der Waals surface area contributed by atoms with Gasteiger partial charge in [0.2, 0.25) is 0 Å². The molecule has 0 saturated carbocycles. The lowest BCUT2D eigenvalue weighted by Gasteiger charge is -2.05. The Morgan fingerprint density at radius 2 is 1.32 bits per heavy atom. The van der Waals surface area contributed by atoms with E-state index in [4.69, 9.17) is 57.4 Å². The van der Waals surface area contributed by atoms with Gasteiger partial charge in [-0.15, -0.1) is 17.0 Å². The van der Waals surface area contributed by atoms with Crippen LogP contribution >= 0.6 is 63.4 Å². The van der Waals surface area contributed by atoms with Gasteiger partial charge in [0.25, 0.3) is 0 Å². The maximum Gasteiger partial charge on any atom is 0.0621 e. The first-order valence-electron chi connectivity index (χ1n) is 8.84. The minimum Gasteiger partial charge on any atom is -0.328 e. The molecule has 0 radical (unpaired) electrons. The predicted octanol–water partition coefficient (Wildman–Crippen LogP) is 8.08. The Morgan fingerprint density at radius 3 is 1.71 bits per heavy atom. The van der Waals surface area contributed by atoms with Gasteiger partial charge >= 0.3 is 0 Å². The Bertz CT molecular complexity index is 761. The molecule has 28 heavy (non-hydrogen) atoms. The van der Waals surface area contributed by atoms with E-state index in [1.54, 1.807) is 6.07 Å². The first-order valence-corrected chi connectivity index (χ1v) is 10.3. The number of rotatable bonds is 7. The third-order valence-electron chi connectivity index (χ3n) is 3.85. The van der Waals surface area contributed by atoms with E-state index in [1.807, 2.05) is 37.3 Å². The van der Waals surface area contributed by atoms with Gasteiger partial charge in [0.1, 0.15) is 0 Å². The molecule has 0 aliphatic rings. The molecule has 154 valence electrons. The molecule has 0 aliphatic heterocycles. The number of hydrogen-bond donors (Lipinski definition) is 1. The monoisotopic (exact) mass is 524 g/mol. The molecule has 0 aliphatic carbocycles. The fourth-order valence-electron chi connectivity index (χ4n) is 2.39. The summed E-state index contributed by atoms with van der Waals surface area (Å²) in [6, 6.07) is 13.7. The highest BCUT2D eigenvalue weighted by molar-refractivity contribution is 8.93. The van der Waals surface area contributed by atoms with E-state index >= 15 is 0 Å². The van der Waals surface area contributed by atoms with Gasteiger partial charge in [-0.2, -0.15) is 5.26 Å². The van der Waals surface area contributed by atoms with Crippen molar-refractivity contribution in [2.75, 3.05) is 0 Å². The quantitative estimate of drug-likeness (QED) is 0.371. The van der Waals surface area contributed by atoms with Crippen LogP contribution in [0, 0.1) is 11.3 Å². The van der Waals surface area contributed by atoms with E-state index < -0.39 is 0 Å². The van der Waals surface area contributed by atoms with E-state index in [0.29, 0.717) is 26.5 Å². The van der Waals surface area contributed by atoms with Crippen LogP contribution in [0.2, 0.25) is 20.1 Å². The molecular formula is C21H25BrCl4N2. The lowest BCUT2D eigenvalue weighted by atomic mass is 10.1. The molecule has 0 spiro atoms. The van der Waals surface area contributed by atoms with Crippen molar-refractivity contribution in [1.82, 2.24) is 0 Å². The second-order valence-corrected chi connectivity index (χ2v) is 8.01. The van der Waals surface area contributed by atoms with Crippen LogP contribution in [-0.4, -0.2) is 6.04 Å². The maximum atomic E-state index is 8.35. The van der Waals surface area contributed by atoms with Gasteiger partial charge < -0.3 is 5.73 Å². The maximum absolute atomic E-state index is 8.35. The van der Waals surface area contributed by atoms with Crippen LogP contribution in [0.25, 0.3) is 0 Å². The van der Waals surface area contributed by atoms with Gasteiger partial charge in [-0.05, 0) is 74.4 Å². The summed E-state index contributed by atoms with van der Waals surface area (Å²) in [6.07, 6.45) is 5.48. The number of nitriles is 1.